The van der Waals surface area contributed by atoms with Crippen LogP contribution in [0.5, 0.6) is 0 Å². The number of benzene rings is 1. The summed E-state index contributed by atoms with van der Waals surface area (Å²) in [7, 11) is 2.21. The Labute approximate surface area is 133 Å². The van der Waals surface area contributed by atoms with Crippen molar-refractivity contribution in [3.63, 3.8) is 0 Å². The highest BCUT2D eigenvalue weighted by Gasteiger charge is 2.05. The van der Waals surface area contributed by atoms with Crippen LogP contribution in [0.25, 0.3) is 0 Å². The lowest BCUT2D eigenvalue weighted by Gasteiger charge is -2.18. The van der Waals surface area contributed by atoms with E-state index in [-0.39, 0.29) is 0 Å². The molecule has 20 heavy (non-hydrogen) atoms. The van der Waals surface area contributed by atoms with Gasteiger partial charge < -0.3 is 10.2 Å². The Morgan fingerprint density at radius 1 is 1.15 bits per heavy atom. The molecule has 0 radical (unpaired) electrons. The third-order valence-electron chi connectivity index (χ3n) is 3.46. The fourth-order valence-electron chi connectivity index (χ4n) is 2.24. The molecule has 0 aliphatic carbocycles. The molecule has 1 aromatic carbocycles. The van der Waals surface area contributed by atoms with Crippen LogP contribution in [-0.2, 0) is 13.1 Å². The van der Waals surface area contributed by atoms with E-state index in [4.69, 9.17) is 0 Å². The standard InChI is InChI=1S/C17H29BrN2/c1-4-6-7-11-20(3)14-16-9-8-15(12-17(16)18)13-19-10-5-2/h8-9,12,19H,4-7,10-11,13-14H2,1-3H3. The van der Waals surface area contributed by atoms with Crippen LogP contribution in [0.2, 0.25) is 0 Å². The maximum atomic E-state index is 3.71. The first-order chi connectivity index (χ1) is 9.67. The molecular weight excluding hydrogens is 312 g/mol. The van der Waals surface area contributed by atoms with E-state index in [0.29, 0.717) is 0 Å². The molecule has 0 unspecified atom stereocenters. The maximum Gasteiger partial charge on any atom is 0.0241 e. The summed E-state index contributed by atoms with van der Waals surface area (Å²) in [6, 6.07) is 6.74. The Morgan fingerprint density at radius 2 is 1.95 bits per heavy atom. The largest absolute Gasteiger partial charge is 0.313 e. The van der Waals surface area contributed by atoms with Gasteiger partial charge in [0.05, 0.1) is 0 Å². The number of rotatable bonds is 10. The van der Waals surface area contributed by atoms with Crippen molar-refractivity contribution in [2.45, 2.75) is 52.6 Å². The second kappa shape index (κ2) is 10.4. The fraction of sp³-hybridized carbons (Fsp3) is 0.647. The molecule has 0 heterocycles. The second-order valence-electron chi connectivity index (χ2n) is 5.55. The van der Waals surface area contributed by atoms with Gasteiger partial charge >= 0.3 is 0 Å². The molecule has 0 amide bonds. The quantitative estimate of drug-likeness (QED) is 0.627. The lowest BCUT2D eigenvalue weighted by Crippen LogP contribution is -2.19. The highest BCUT2D eigenvalue weighted by molar-refractivity contribution is 9.10. The number of halogens is 1. The lowest BCUT2D eigenvalue weighted by molar-refractivity contribution is 0.317. The van der Waals surface area contributed by atoms with E-state index in [9.17, 15) is 0 Å². The molecule has 0 aromatic heterocycles. The minimum atomic E-state index is 0.957. The summed E-state index contributed by atoms with van der Waals surface area (Å²) in [6.07, 6.45) is 5.09. The Kier molecular flexibility index (Phi) is 9.16. The van der Waals surface area contributed by atoms with Crippen molar-refractivity contribution in [3.05, 3.63) is 33.8 Å². The van der Waals surface area contributed by atoms with Crippen LogP contribution < -0.4 is 5.32 Å². The van der Waals surface area contributed by atoms with E-state index in [1.165, 1.54) is 47.8 Å². The fourth-order valence-corrected chi connectivity index (χ4v) is 2.79. The Balaban J connectivity index is 2.46. The zero-order valence-electron chi connectivity index (χ0n) is 13.2. The van der Waals surface area contributed by atoms with Gasteiger partial charge in [-0.05, 0) is 50.2 Å². The van der Waals surface area contributed by atoms with Gasteiger partial charge in [0.25, 0.3) is 0 Å². The van der Waals surface area contributed by atoms with Gasteiger partial charge in [0.2, 0.25) is 0 Å². The van der Waals surface area contributed by atoms with Crippen molar-refractivity contribution >= 4 is 15.9 Å². The van der Waals surface area contributed by atoms with Crippen molar-refractivity contribution in [1.29, 1.82) is 0 Å². The molecule has 114 valence electrons. The SMILES string of the molecule is CCCCCN(C)Cc1ccc(CNCCC)cc1Br. The predicted octanol–water partition coefficient (Wildman–Crippen LogP) is 4.57. The molecule has 0 saturated heterocycles. The third-order valence-corrected chi connectivity index (χ3v) is 4.20. The number of unbranched alkanes of at least 4 members (excludes halogenated alkanes) is 2. The van der Waals surface area contributed by atoms with Gasteiger partial charge in [-0.2, -0.15) is 0 Å². The molecule has 0 fully saturated rings. The van der Waals surface area contributed by atoms with Crippen molar-refractivity contribution in [3.8, 4) is 0 Å². The Hall–Kier alpha value is -0.380. The highest BCUT2D eigenvalue weighted by atomic mass is 79.9. The average Bonchev–Trinajstić information content (AvgIpc) is 2.42. The number of nitrogens with zero attached hydrogens (tertiary/aromatic N) is 1. The molecule has 1 aromatic rings. The van der Waals surface area contributed by atoms with E-state index in [2.05, 4.69) is 65.2 Å². The Morgan fingerprint density at radius 3 is 2.60 bits per heavy atom. The smallest absolute Gasteiger partial charge is 0.0241 e. The van der Waals surface area contributed by atoms with Gasteiger partial charge in [-0.15, -0.1) is 0 Å². The summed E-state index contributed by atoms with van der Waals surface area (Å²) >= 11 is 3.71. The molecule has 0 spiro atoms. The molecule has 0 saturated carbocycles. The van der Waals surface area contributed by atoms with Gasteiger partial charge in [-0.1, -0.05) is 54.8 Å². The Bertz CT molecular complexity index is 379. The predicted molar refractivity (Wildman–Crippen MR) is 92.0 cm³/mol. The minimum Gasteiger partial charge on any atom is -0.313 e. The first-order valence-corrected chi connectivity index (χ1v) is 8.63. The maximum absolute atomic E-state index is 3.71. The van der Waals surface area contributed by atoms with Crippen LogP contribution in [0.3, 0.4) is 0 Å². The zero-order valence-corrected chi connectivity index (χ0v) is 14.8. The summed E-state index contributed by atoms with van der Waals surface area (Å²) in [5.74, 6) is 0. The molecule has 0 aliphatic rings. The van der Waals surface area contributed by atoms with Gasteiger partial charge in [-0.25, -0.2) is 0 Å². The van der Waals surface area contributed by atoms with Crippen molar-refractivity contribution in [2.75, 3.05) is 20.1 Å². The topological polar surface area (TPSA) is 15.3 Å². The first-order valence-electron chi connectivity index (χ1n) is 7.84. The molecular formula is C17H29BrN2. The molecule has 3 heteroatoms. The second-order valence-corrected chi connectivity index (χ2v) is 6.40. The van der Waals surface area contributed by atoms with Crippen LogP contribution in [0.15, 0.2) is 22.7 Å². The van der Waals surface area contributed by atoms with Crippen molar-refractivity contribution in [2.24, 2.45) is 0 Å². The average molecular weight is 341 g/mol. The number of hydrogen-bond donors (Lipinski definition) is 1. The molecule has 1 rings (SSSR count). The number of hydrogen-bond acceptors (Lipinski definition) is 2. The summed E-state index contributed by atoms with van der Waals surface area (Å²) in [5, 5.41) is 3.44. The van der Waals surface area contributed by atoms with Gasteiger partial charge in [0.15, 0.2) is 0 Å². The van der Waals surface area contributed by atoms with Crippen LogP contribution >= 0.6 is 15.9 Å². The van der Waals surface area contributed by atoms with Gasteiger partial charge in [0, 0.05) is 17.6 Å². The van der Waals surface area contributed by atoms with E-state index < -0.39 is 0 Å². The van der Waals surface area contributed by atoms with E-state index >= 15 is 0 Å². The summed E-state index contributed by atoms with van der Waals surface area (Å²) < 4.78 is 1.23. The molecule has 0 aliphatic heterocycles. The summed E-state index contributed by atoms with van der Waals surface area (Å²) in [6.45, 7) is 8.69. The molecule has 0 bridgehead atoms. The summed E-state index contributed by atoms with van der Waals surface area (Å²) in [5.41, 5.74) is 2.73. The molecule has 1 N–H and O–H groups in total. The van der Waals surface area contributed by atoms with Crippen LogP contribution in [0, 0.1) is 0 Å². The lowest BCUT2D eigenvalue weighted by atomic mass is 10.1. The van der Waals surface area contributed by atoms with Gasteiger partial charge in [0.1, 0.15) is 0 Å². The van der Waals surface area contributed by atoms with E-state index in [1.807, 2.05) is 0 Å². The monoisotopic (exact) mass is 340 g/mol. The van der Waals surface area contributed by atoms with Gasteiger partial charge in [-0.3, -0.25) is 0 Å². The number of nitrogens with one attached hydrogen (secondary N) is 1. The summed E-state index contributed by atoms with van der Waals surface area (Å²) in [4.78, 5) is 2.41. The normalized spacial score (nSPS) is 11.2. The zero-order chi connectivity index (χ0) is 14.8. The highest BCUT2D eigenvalue weighted by Crippen LogP contribution is 2.20. The van der Waals surface area contributed by atoms with E-state index in [0.717, 1.165) is 19.6 Å². The van der Waals surface area contributed by atoms with Crippen LogP contribution in [0.4, 0.5) is 0 Å². The van der Waals surface area contributed by atoms with Crippen LogP contribution in [-0.4, -0.2) is 25.0 Å². The molecule has 0 atom stereocenters. The molecule has 2 nitrogen and oxygen atoms in total. The van der Waals surface area contributed by atoms with E-state index in [1.54, 1.807) is 0 Å². The van der Waals surface area contributed by atoms with Crippen molar-refractivity contribution in [1.82, 2.24) is 10.2 Å². The third kappa shape index (κ3) is 6.87. The van der Waals surface area contributed by atoms with Crippen LogP contribution in [0.1, 0.15) is 50.7 Å². The first kappa shape index (κ1) is 17.7. The minimum absolute atomic E-state index is 0.957. The van der Waals surface area contributed by atoms with Crippen molar-refractivity contribution < 1.29 is 0 Å².